The number of nitrogens with two attached hydrogens (primary N) is 1. The van der Waals surface area contributed by atoms with Gasteiger partial charge in [0.25, 0.3) is 0 Å². The molecule has 1 aromatic carbocycles. The fourth-order valence-electron chi connectivity index (χ4n) is 2.11. The number of carbonyl (C=O) groups is 2. The maximum absolute atomic E-state index is 11.8. The monoisotopic (exact) mass is 234 g/mol. The second kappa shape index (κ2) is 4.55. The normalized spacial score (nSPS) is 17.9. The molecule has 0 aromatic heterocycles. The van der Waals surface area contributed by atoms with Gasteiger partial charge in [-0.1, -0.05) is 18.2 Å². The largest absolute Gasteiger partial charge is 0.481 e. The first-order chi connectivity index (χ1) is 8.15. The summed E-state index contributed by atoms with van der Waals surface area (Å²) in [6.07, 6.45) is 0.237. The molecule has 1 aromatic rings. The number of nitrogens with zero attached hydrogens (tertiary/aromatic N) is 1. The van der Waals surface area contributed by atoms with E-state index in [4.69, 9.17) is 10.8 Å². The van der Waals surface area contributed by atoms with Crippen LogP contribution in [0.4, 0.5) is 5.69 Å². The Labute approximate surface area is 98.8 Å². The predicted octanol–water partition coefficient (Wildman–Crippen LogP) is 0.550. The average molecular weight is 234 g/mol. The smallest absolute Gasteiger partial charge is 0.312 e. The van der Waals surface area contributed by atoms with Crippen LogP contribution in [0.5, 0.6) is 0 Å². The number of carboxylic acid groups (broad SMARTS) is 1. The van der Waals surface area contributed by atoms with E-state index in [0.29, 0.717) is 11.3 Å². The summed E-state index contributed by atoms with van der Waals surface area (Å²) >= 11 is 0. The standard InChI is InChI=1S/C12H14N2O3/c13-6-5-11(15)14-7-9(12(16)17)8-3-1-2-4-10(8)14/h1-4,9H,5-7,13H2,(H,16,17). The summed E-state index contributed by atoms with van der Waals surface area (Å²) in [4.78, 5) is 24.5. The summed E-state index contributed by atoms with van der Waals surface area (Å²) in [5, 5.41) is 9.13. The fraction of sp³-hybridized carbons (Fsp3) is 0.333. The lowest BCUT2D eigenvalue weighted by Gasteiger charge is -2.16. The van der Waals surface area contributed by atoms with Crippen molar-refractivity contribution in [2.75, 3.05) is 18.0 Å². The second-order valence-corrected chi connectivity index (χ2v) is 3.99. The van der Waals surface area contributed by atoms with E-state index in [2.05, 4.69) is 0 Å². The van der Waals surface area contributed by atoms with Gasteiger partial charge >= 0.3 is 5.97 Å². The Morgan fingerprint density at radius 1 is 1.41 bits per heavy atom. The lowest BCUT2D eigenvalue weighted by Crippen LogP contribution is -2.32. The van der Waals surface area contributed by atoms with Gasteiger partial charge < -0.3 is 15.7 Å². The Bertz CT molecular complexity index is 459. The molecule has 3 N–H and O–H groups in total. The number of anilines is 1. The maximum atomic E-state index is 11.8. The number of para-hydroxylation sites is 1. The van der Waals surface area contributed by atoms with Gasteiger partial charge in [0, 0.05) is 25.2 Å². The Kier molecular flexibility index (Phi) is 3.10. The van der Waals surface area contributed by atoms with E-state index < -0.39 is 11.9 Å². The van der Waals surface area contributed by atoms with E-state index in [1.54, 1.807) is 24.3 Å². The highest BCUT2D eigenvalue weighted by Gasteiger charge is 2.35. The Balaban J connectivity index is 2.34. The molecule has 17 heavy (non-hydrogen) atoms. The third-order valence-electron chi connectivity index (χ3n) is 2.93. The number of carbonyl (C=O) groups excluding carboxylic acids is 1. The van der Waals surface area contributed by atoms with E-state index in [1.807, 2.05) is 0 Å². The highest BCUT2D eigenvalue weighted by molar-refractivity contribution is 5.99. The zero-order valence-corrected chi connectivity index (χ0v) is 9.30. The van der Waals surface area contributed by atoms with Gasteiger partial charge in [0.15, 0.2) is 0 Å². The van der Waals surface area contributed by atoms with Gasteiger partial charge in [-0.15, -0.1) is 0 Å². The average Bonchev–Trinajstić information content (AvgIpc) is 2.69. The third kappa shape index (κ3) is 2.01. The van der Waals surface area contributed by atoms with Crippen LogP contribution in [-0.2, 0) is 9.59 Å². The molecule has 0 radical (unpaired) electrons. The van der Waals surface area contributed by atoms with Gasteiger partial charge in [0.1, 0.15) is 5.92 Å². The van der Waals surface area contributed by atoms with Crippen molar-refractivity contribution >= 4 is 17.6 Å². The molecule has 1 amide bonds. The minimum atomic E-state index is -0.902. The van der Waals surface area contributed by atoms with Crippen molar-refractivity contribution in [2.45, 2.75) is 12.3 Å². The number of fused-ring (bicyclic) bond motifs is 1. The van der Waals surface area contributed by atoms with Crippen LogP contribution in [0, 0.1) is 0 Å². The summed E-state index contributed by atoms with van der Waals surface area (Å²) < 4.78 is 0. The van der Waals surface area contributed by atoms with Gasteiger partial charge in [-0.3, -0.25) is 9.59 Å². The number of hydrogen-bond donors (Lipinski definition) is 2. The first-order valence-corrected chi connectivity index (χ1v) is 5.47. The van der Waals surface area contributed by atoms with E-state index in [-0.39, 0.29) is 25.4 Å². The number of hydrogen-bond acceptors (Lipinski definition) is 3. The van der Waals surface area contributed by atoms with Crippen LogP contribution < -0.4 is 10.6 Å². The summed E-state index contributed by atoms with van der Waals surface area (Å²) in [6.45, 7) is 0.475. The van der Waals surface area contributed by atoms with Gasteiger partial charge in [-0.2, -0.15) is 0 Å². The molecule has 0 fully saturated rings. The molecule has 0 bridgehead atoms. The number of carboxylic acids is 1. The molecule has 0 aliphatic carbocycles. The van der Waals surface area contributed by atoms with Crippen LogP contribution in [0.2, 0.25) is 0 Å². The second-order valence-electron chi connectivity index (χ2n) is 3.99. The van der Waals surface area contributed by atoms with E-state index in [9.17, 15) is 9.59 Å². The fourth-order valence-corrected chi connectivity index (χ4v) is 2.11. The van der Waals surface area contributed by atoms with Crippen molar-refractivity contribution in [3.63, 3.8) is 0 Å². The van der Waals surface area contributed by atoms with Gasteiger partial charge in [0.05, 0.1) is 0 Å². The molecule has 1 heterocycles. The van der Waals surface area contributed by atoms with E-state index >= 15 is 0 Å². The molecule has 0 spiro atoms. The number of amides is 1. The molecule has 90 valence electrons. The molecule has 5 heteroatoms. The summed E-state index contributed by atoms with van der Waals surface area (Å²) in [5.41, 5.74) is 6.74. The predicted molar refractivity (Wildman–Crippen MR) is 62.8 cm³/mol. The van der Waals surface area contributed by atoms with Gasteiger partial charge in [0.2, 0.25) is 5.91 Å². The van der Waals surface area contributed by atoms with Crippen LogP contribution in [-0.4, -0.2) is 30.1 Å². The number of aliphatic carboxylic acids is 1. The first kappa shape index (κ1) is 11.6. The van der Waals surface area contributed by atoms with Crippen molar-refractivity contribution in [3.05, 3.63) is 29.8 Å². The first-order valence-electron chi connectivity index (χ1n) is 5.47. The summed E-state index contributed by atoms with van der Waals surface area (Å²) in [7, 11) is 0. The maximum Gasteiger partial charge on any atom is 0.312 e. The molecule has 1 unspecified atom stereocenters. The Hall–Kier alpha value is -1.88. The van der Waals surface area contributed by atoms with Crippen molar-refractivity contribution in [3.8, 4) is 0 Å². The highest BCUT2D eigenvalue weighted by atomic mass is 16.4. The lowest BCUT2D eigenvalue weighted by atomic mass is 10.0. The van der Waals surface area contributed by atoms with Crippen LogP contribution in [0.25, 0.3) is 0 Å². The summed E-state index contributed by atoms with van der Waals surface area (Å²) in [6, 6.07) is 7.11. The van der Waals surface area contributed by atoms with E-state index in [0.717, 1.165) is 0 Å². The Morgan fingerprint density at radius 3 is 2.76 bits per heavy atom. The highest BCUT2D eigenvalue weighted by Crippen LogP contribution is 2.36. The topological polar surface area (TPSA) is 83.6 Å². The van der Waals surface area contributed by atoms with Crippen molar-refractivity contribution in [1.29, 1.82) is 0 Å². The molecule has 1 atom stereocenters. The zero-order chi connectivity index (χ0) is 12.4. The molecule has 5 nitrogen and oxygen atoms in total. The molecular weight excluding hydrogens is 220 g/mol. The molecule has 2 rings (SSSR count). The quantitative estimate of drug-likeness (QED) is 0.800. The Morgan fingerprint density at radius 2 is 2.12 bits per heavy atom. The van der Waals surface area contributed by atoms with Gasteiger partial charge in [-0.05, 0) is 11.6 Å². The van der Waals surface area contributed by atoms with Crippen molar-refractivity contribution in [2.24, 2.45) is 5.73 Å². The van der Waals surface area contributed by atoms with E-state index in [1.165, 1.54) is 4.90 Å². The van der Waals surface area contributed by atoms with Crippen LogP contribution >= 0.6 is 0 Å². The minimum absolute atomic E-state index is 0.122. The number of benzene rings is 1. The van der Waals surface area contributed by atoms with Crippen molar-refractivity contribution in [1.82, 2.24) is 0 Å². The SMILES string of the molecule is NCCC(=O)N1CC(C(=O)O)c2ccccc21. The third-order valence-corrected chi connectivity index (χ3v) is 2.93. The van der Waals surface area contributed by atoms with Crippen LogP contribution in [0.15, 0.2) is 24.3 Å². The van der Waals surface area contributed by atoms with Gasteiger partial charge in [-0.25, -0.2) is 0 Å². The molecule has 1 aliphatic rings. The van der Waals surface area contributed by atoms with Crippen LogP contribution in [0.3, 0.4) is 0 Å². The van der Waals surface area contributed by atoms with Crippen LogP contribution in [0.1, 0.15) is 17.9 Å². The molecule has 0 saturated heterocycles. The lowest BCUT2D eigenvalue weighted by molar-refractivity contribution is -0.138. The minimum Gasteiger partial charge on any atom is -0.481 e. The molecular formula is C12H14N2O3. The zero-order valence-electron chi connectivity index (χ0n) is 9.30. The summed E-state index contributed by atoms with van der Waals surface area (Å²) in [5.74, 6) is -1.66. The number of rotatable bonds is 3. The molecule has 0 saturated carbocycles. The molecule has 1 aliphatic heterocycles. The van der Waals surface area contributed by atoms with Crippen molar-refractivity contribution < 1.29 is 14.7 Å².